The molecule has 2 aliphatic carbocycles. The van der Waals surface area contributed by atoms with Crippen LogP contribution in [0.2, 0.25) is 0 Å². The van der Waals surface area contributed by atoms with Gasteiger partial charge in [0, 0.05) is 24.7 Å². The lowest BCUT2D eigenvalue weighted by atomic mass is 9.95. The minimum Gasteiger partial charge on any atom is -0.312 e. The molecular formula is C14H28N2. The molecule has 0 aromatic heterocycles. The predicted molar refractivity (Wildman–Crippen MR) is 69.7 cm³/mol. The quantitative estimate of drug-likeness (QED) is 0.746. The first-order valence-corrected chi connectivity index (χ1v) is 7.30. The van der Waals surface area contributed by atoms with E-state index in [1.807, 2.05) is 0 Å². The van der Waals surface area contributed by atoms with E-state index in [9.17, 15) is 0 Å². The highest BCUT2D eigenvalue weighted by Gasteiger charge is 2.30. The maximum absolute atomic E-state index is 3.78. The molecule has 2 heteroatoms. The van der Waals surface area contributed by atoms with Crippen LogP contribution in [0.15, 0.2) is 0 Å². The summed E-state index contributed by atoms with van der Waals surface area (Å²) in [4.78, 5) is 2.68. The Labute approximate surface area is 101 Å². The van der Waals surface area contributed by atoms with Crippen LogP contribution in [0.5, 0.6) is 0 Å². The van der Waals surface area contributed by atoms with Gasteiger partial charge < -0.3 is 5.32 Å². The lowest BCUT2D eigenvalue weighted by Crippen LogP contribution is -2.44. The molecule has 2 rings (SSSR count). The molecule has 2 nitrogen and oxygen atoms in total. The third-order valence-corrected chi connectivity index (χ3v) is 4.25. The van der Waals surface area contributed by atoms with Gasteiger partial charge in [0.15, 0.2) is 0 Å². The first-order valence-electron chi connectivity index (χ1n) is 7.30. The molecule has 2 fully saturated rings. The van der Waals surface area contributed by atoms with Crippen LogP contribution in [0.25, 0.3) is 0 Å². The van der Waals surface area contributed by atoms with Crippen LogP contribution in [0.4, 0.5) is 0 Å². The minimum atomic E-state index is 0.722. The topological polar surface area (TPSA) is 15.3 Å². The molecule has 0 bridgehead atoms. The normalized spacial score (nSPS) is 24.9. The van der Waals surface area contributed by atoms with Crippen molar-refractivity contribution in [3.05, 3.63) is 0 Å². The van der Waals surface area contributed by atoms with Crippen molar-refractivity contribution in [3.8, 4) is 0 Å². The zero-order valence-corrected chi connectivity index (χ0v) is 11.0. The van der Waals surface area contributed by atoms with Gasteiger partial charge in [-0.1, -0.05) is 26.2 Å². The Bertz CT molecular complexity index is 195. The summed E-state index contributed by atoms with van der Waals surface area (Å²) in [7, 11) is 0. The second-order valence-electron chi connectivity index (χ2n) is 5.65. The summed E-state index contributed by atoms with van der Waals surface area (Å²) >= 11 is 0. The van der Waals surface area contributed by atoms with E-state index in [4.69, 9.17) is 0 Å². The zero-order chi connectivity index (χ0) is 11.4. The summed E-state index contributed by atoms with van der Waals surface area (Å²) in [5.74, 6) is 0. The van der Waals surface area contributed by atoms with Gasteiger partial charge >= 0.3 is 0 Å². The molecule has 2 aliphatic rings. The maximum Gasteiger partial charge on any atom is 0.0195 e. The third kappa shape index (κ3) is 3.46. The van der Waals surface area contributed by atoms with Gasteiger partial charge in [-0.25, -0.2) is 0 Å². The number of rotatable bonds is 6. The largest absolute Gasteiger partial charge is 0.312 e. The van der Waals surface area contributed by atoms with E-state index in [0.717, 1.165) is 18.1 Å². The Balaban J connectivity index is 1.67. The second-order valence-corrected chi connectivity index (χ2v) is 5.65. The summed E-state index contributed by atoms with van der Waals surface area (Å²) in [6, 6.07) is 2.45. The molecule has 0 aromatic carbocycles. The molecule has 0 saturated heterocycles. The molecule has 0 radical (unpaired) electrons. The van der Waals surface area contributed by atoms with Crippen molar-refractivity contribution < 1.29 is 0 Å². The highest BCUT2D eigenvalue weighted by molar-refractivity contribution is 4.88. The molecule has 1 atom stereocenters. The monoisotopic (exact) mass is 224 g/mol. The first kappa shape index (κ1) is 12.4. The average Bonchev–Trinajstić information content (AvgIpc) is 3.13. The van der Waals surface area contributed by atoms with Crippen LogP contribution in [-0.4, -0.2) is 36.1 Å². The number of hydrogen-bond acceptors (Lipinski definition) is 2. The van der Waals surface area contributed by atoms with E-state index in [0.29, 0.717) is 0 Å². The van der Waals surface area contributed by atoms with E-state index in [1.54, 1.807) is 0 Å². The zero-order valence-electron chi connectivity index (χ0n) is 11.0. The van der Waals surface area contributed by atoms with E-state index < -0.39 is 0 Å². The number of nitrogens with one attached hydrogen (secondary N) is 1. The molecule has 0 heterocycles. The maximum atomic E-state index is 3.78. The lowest BCUT2D eigenvalue weighted by Gasteiger charge is -2.31. The molecular weight excluding hydrogens is 196 g/mol. The van der Waals surface area contributed by atoms with Gasteiger partial charge in [-0.05, 0) is 39.2 Å². The second kappa shape index (κ2) is 6.02. The van der Waals surface area contributed by atoms with Crippen LogP contribution in [0, 0.1) is 0 Å². The fraction of sp³-hybridized carbons (Fsp3) is 1.00. The smallest absolute Gasteiger partial charge is 0.0195 e. The predicted octanol–water partition coefficient (Wildman–Crippen LogP) is 2.78. The Kier molecular flexibility index (Phi) is 4.66. The van der Waals surface area contributed by atoms with Crippen LogP contribution >= 0.6 is 0 Å². The van der Waals surface area contributed by atoms with Crippen molar-refractivity contribution in [2.75, 3.05) is 13.1 Å². The number of likely N-dealkylation sites (N-methyl/N-ethyl adjacent to an activating group) is 1. The van der Waals surface area contributed by atoms with E-state index in [-0.39, 0.29) is 0 Å². The van der Waals surface area contributed by atoms with Crippen molar-refractivity contribution in [1.82, 2.24) is 10.2 Å². The molecule has 1 unspecified atom stereocenters. The van der Waals surface area contributed by atoms with Gasteiger partial charge in [0.1, 0.15) is 0 Å². The molecule has 0 aromatic rings. The van der Waals surface area contributed by atoms with Crippen molar-refractivity contribution in [1.29, 1.82) is 0 Å². The van der Waals surface area contributed by atoms with Gasteiger partial charge in [0.2, 0.25) is 0 Å². The highest BCUT2D eigenvalue weighted by Crippen LogP contribution is 2.28. The molecule has 0 amide bonds. The van der Waals surface area contributed by atoms with E-state index in [2.05, 4.69) is 24.1 Å². The van der Waals surface area contributed by atoms with Crippen molar-refractivity contribution in [3.63, 3.8) is 0 Å². The minimum absolute atomic E-state index is 0.722. The Hall–Kier alpha value is -0.0800. The van der Waals surface area contributed by atoms with Crippen molar-refractivity contribution in [2.24, 2.45) is 0 Å². The number of nitrogens with zero attached hydrogens (tertiary/aromatic N) is 1. The Morgan fingerprint density at radius 1 is 1.12 bits per heavy atom. The molecule has 16 heavy (non-hydrogen) atoms. The SMILES string of the molecule is CCN(C(C)CNC1CCCCC1)C1CC1. The summed E-state index contributed by atoms with van der Waals surface area (Å²) < 4.78 is 0. The third-order valence-electron chi connectivity index (χ3n) is 4.25. The van der Waals surface area contributed by atoms with Crippen LogP contribution in [-0.2, 0) is 0 Å². The highest BCUT2D eigenvalue weighted by atomic mass is 15.2. The summed E-state index contributed by atoms with van der Waals surface area (Å²) in [6.45, 7) is 7.10. The van der Waals surface area contributed by atoms with E-state index in [1.165, 1.54) is 58.0 Å². The van der Waals surface area contributed by atoms with Crippen LogP contribution in [0.1, 0.15) is 58.8 Å². The first-order chi connectivity index (χ1) is 7.81. The average molecular weight is 224 g/mol. The van der Waals surface area contributed by atoms with Gasteiger partial charge in [-0.3, -0.25) is 4.90 Å². The van der Waals surface area contributed by atoms with Crippen molar-refractivity contribution >= 4 is 0 Å². The summed E-state index contributed by atoms with van der Waals surface area (Å²) in [5, 5.41) is 3.78. The summed E-state index contributed by atoms with van der Waals surface area (Å²) in [6.07, 6.45) is 10.0. The Morgan fingerprint density at radius 3 is 2.38 bits per heavy atom. The summed E-state index contributed by atoms with van der Waals surface area (Å²) in [5.41, 5.74) is 0. The van der Waals surface area contributed by atoms with Crippen molar-refractivity contribution in [2.45, 2.75) is 76.9 Å². The van der Waals surface area contributed by atoms with Gasteiger partial charge in [0.05, 0.1) is 0 Å². The van der Waals surface area contributed by atoms with Gasteiger partial charge in [-0.2, -0.15) is 0 Å². The van der Waals surface area contributed by atoms with Crippen LogP contribution < -0.4 is 5.32 Å². The van der Waals surface area contributed by atoms with Gasteiger partial charge in [0.25, 0.3) is 0 Å². The molecule has 1 N–H and O–H groups in total. The van der Waals surface area contributed by atoms with Crippen LogP contribution in [0.3, 0.4) is 0 Å². The van der Waals surface area contributed by atoms with E-state index >= 15 is 0 Å². The van der Waals surface area contributed by atoms with Gasteiger partial charge in [-0.15, -0.1) is 0 Å². The fourth-order valence-corrected chi connectivity index (χ4v) is 3.10. The lowest BCUT2D eigenvalue weighted by molar-refractivity contribution is 0.196. The molecule has 0 spiro atoms. The number of hydrogen-bond donors (Lipinski definition) is 1. The molecule has 0 aliphatic heterocycles. The fourth-order valence-electron chi connectivity index (χ4n) is 3.10. The molecule has 94 valence electrons. The molecule has 2 saturated carbocycles. The standard InChI is InChI=1S/C14H28N2/c1-3-16(14-9-10-14)12(2)11-15-13-7-5-4-6-8-13/h12-15H,3-11H2,1-2H3. The Morgan fingerprint density at radius 2 is 1.81 bits per heavy atom.